The highest BCUT2D eigenvalue weighted by atomic mass is 35.5. The van der Waals surface area contributed by atoms with Crippen molar-refractivity contribution in [1.29, 1.82) is 0 Å². The lowest BCUT2D eigenvalue weighted by Crippen LogP contribution is -2.29. The molecule has 1 amide bonds. The summed E-state index contributed by atoms with van der Waals surface area (Å²) in [5.41, 5.74) is 1.44. The second-order valence-corrected chi connectivity index (χ2v) is 7.98. The number of halogens is 1. The molecule has 0 aliphatic carbocycles. The zero-order valence-corrected chi connectivity index (χ0v) is 17.4. The van der Waals surface area contributed by atoms with Gasteiger partial charge in [-0.05, 0) is 35.9 Å². The first-order valence-electron chi connectivity index (χ1n) is 8.91. The van der Waals surface area contributed by atoms with Gasteiger partial charge < -0.3 is 14.8 Å². The van der Waals surface area contributed by atoms with Crippen LogP contribution in [0.2, 0.25) is 5.02 Å². The number of hydrogen-bond donors (Lipinski definition) is 2. The molecule has 3 heterocycles. The maximum absolute atomic E-state index is 12.8. The summed E-state index contributed by atoms with van der Waals surface area (Å²) in [6.07, 6.45) is 4.78. The van der Waals surface area contributed by atoms with E-state index < -0.39 is 11.0 Å². The Bertz CT molecular complexity index is 1110. The lowest BCUT2D eigenvalue weighted by atomic mass is 10.1. The van der Waals surface area contributed by atoms with Crippen LogP contribution in [0.3, 0.4) is 0 Å². The molecule has 1 aromatic carbocycles. The Labute approximate surface area is 180 Å². The number of benzene rings is 1. The van der Waals surface area contributed by atoms with Crippen LogP contribution in [0.1, 0.15) is 22.0 Å². The van der Waals surface area contributed by atoms with Crippen LogP contribution in [0.15, 0.2) is 59.9 Å². The third-order valence-electron chi connectivity index (χ3n) is 4.41. The lowest BCUT2D eigenvalue weighted by molar-refractivity contribution is 0.0938. The second-order valence-electron chi connectivity index (χ2n) is 6.37. The number of amides is 1. The van der Waals surface area contributed by atoms with Gasteiger partial charge in [-0.15, -0.1) is 0 Å². The Kier molecular flexibility index (Phi) is 5.82. The van der Waals surface area contributed by atoms with Crippen LogP contribution in [0, 0.1) is 0 Å². The van der Waals surface area contributed by atoms with Gasteiger partial charge in [-0.3, -0.25) is 14.5 Å². The summed E-state index contributed by atoms with van der Waals surface area (Å²) in [6.45, 7) is 0.218. The summed E-state index contributed by atoms with van der Waals surface area (Å²) >= 11 is 6.01. The number of pyridine rings is 2. The summed E-state index contributed by atoms with van der Waals surface area (Å²) in [6, 6.07) is 9.66. The predicted molar refractivity (Wildman–Crippen MR) is 112 cm³/mol. The number of nitrogens with zero attached hydrogens (tertiary/aromatic N) is 2. The first-order valence-corrected chi connectivity index (χ1v) is 10.4. The number of carbonyl (C=O) groups is 1. The number of fused-ring (bicyclic) bond motifs is 1. The standard InChI is InChI=1S/C20H17ClN4O4S/c1-28-17-5-4-13(21)7-18(17)30(27)25-14-8-15-19(26)24-16(11-29-20(15)23-10-14)12-3-2-6-22-9-12/h2-10,16,25H,11H2,1H3,(H,24,26). The van der Waals surface area contributed by atoms with E-state index in [1.54, 1.807) is 36.7 Å². The molecule has 154 valence electrons. The summed E-state index contributed by atoms with van der Waals surface area (Å²) in [5, 5.41) is 3.33. The molecule has 8 nitrogen and oxygen atoms in total. The van der Waals surface area contributed by atoms with Crippen LogP contribution in [-0.4, -0.2) is 33.8 Å². The van der Waals surface area contributed by atoms with E-state index in [4.69, 9.17) is 21.1 Å². The predicted octanol–water partition coefficient (Wildman–Crippen LogP) is 3.14. The summed E-state index contributed by atoms with van der Waals surface area (Å²) in [5.74, 6) is 0.280. The summed E-state index contributed by atoms with van der Waals surface area (Å²) in [4.78, 5) is 21.4. The average Bonchev–Trinajstić information content (AvgIpc) is 2.93. The van der Waals surface area contributed by atoms with Gasteiger partial charge in [0.1, 0.15) is 22.8 Å². The molecule has 0 saturated heterocycles. The molecule has 2 N–H and O–H groups in total. The minimum absolute atomic E-state index is 0.204. The Morgan fingerprint density at radius 1 is 1.30 bits per heavy atom. The fourth-order valence-corrected chi connectivity index (χ4v) is 4.19. The number of methoxy groups -OCH3 is 1. The van der Waals surface area contributed by atoms with Crippen molar-refractivity contribution in [3.8, 4) is 11.6 Å². The Balaban J connectivity index is 1.56. The third kappa shape index (κ3) is 4.22. The average molecular weight is 445 g/mol. The molecular weight excluding hydrogens is 428 g/mol. The third-order valence-corrected chi connectivity index (χ3v) is 5.79. The van der Waals surface area contributed by atoms with Gasteiger partial charge in [0.2, 0.25) is 5.88 Å². The van der Waals surface area contributed by atoms with Crippen molar-refractivity contribution in [2.75, 3.05) is 18.4 Å². The van der Waals surface area contributed by atoms with Crippen LogP contribution in [0.4, 0.5) is 5.69 Å². The first kappa shape index (κ1) is 20.1. The summed E-state index contributed by atoms with van der Waals surface area (Å²) < 4.78 is 26.6. The van der Waals surface area contributed by atoms with Gasteiger partial charge in [-0.1, -0.05) is 17.7 Å². The minimum atomic E-state index is -1.69. The molecule has 2 unspecified atom stereocenters. The van der Waals surface area contributed by atoms with Crippen LogP contribution < -0.4 is 19.5 Å². The number of aromatic nitrogens is 2. The SMILES string of the molecule is COc1ccc(Cl)cc1S(=O)Nc1cnc2c(c1)C(=O)NC(c1cccnc1)CO2. The van der Waals surface area contributed by atoms with Gasteiger partial charge in [0, 0.05) is 17.4 Å². The molecule has 0 bridgehead atoms. The topological polar surface area (TPSA) is 102 Å². The first-order chi connectivity index (χ1) is 14.5. The molecule has 0 saturated carbocycles. The van der Waals surface area contributed by atoms with Gasteiger partial charge in [0.25, 0.3) is 5.91 Å². The van der Waals surface area contributed by atoms with Crippen molar-refractivity contribution in [1.82, 2.24) is 15.3 Å². The second kappa shape index (κ2) is 8.68. The van der Waals surface area contributed by atoms with E-state index in [9.17, 15) is 9.00 Å². The van der Waals surface area contributed by atoms with E-state index in [0.717, 1.165) is 5.56 Å². The van der Waals surface area contributed by atoms with Gasteiger partial charge in [0.15, 0.2) is 11.0 Å². The molecule has 1 aliphatic heterocycles. The monoisotopic (exact) mass is 444 g/mol. The van der Waals surface area contributed by atoms with Gasteiger partial charge in [0.05, 0.1) is 25.0 Å². The normalized spacial score (nSPS) is 16.5. The number of nitrogens with one attached hydrogen (secondary N) is 2. The molecule has 0 radical (unpaired) electrons. The molecular formula is C20H17ClN4O4S. The van der Waals surface area contributed by atoms with E-state index in [1.165, 1.54) is 19.4 Å². The fraction of sp³-hybridized carbons (Fsp3) is 0.150. The van der Waals surface area contributed by atoms with Crippen molar-refractivity contribution in [3.63, 3.8) is 0 Å². The molecule has 4 rings (SSSR count). The smallest absolute Gasteiger partial charge is 0.257 e. The van der Waals surface area contributed by atoms with Gasteiger partial charge in [-0.2, -0.15) is 0 Å². The minimum Gasteiger partial charge on any atom is -0.495 e. The highest BCUT2D eigenvalue weighted by molar-refractivity contribution is 7.86. The highest BCUT2D eigenvalue weighted by Gasteiger charge is 2.25. The zero-order valence-electron chi connectivity index (χ0n) is 15.8. The molecule has 30 heavy (non-hydrogen) atoms. The number of rotatable bonds is 5. The van der Waals surface area contributed by atoms with Gasteiger partial charge >= 0.3 is 0 Å². The number of hydrogen-bond acceptors (Lipinski definition) is 6. The van der Waals surface area contributed by atoms with Crippen LogP contribution >= 0.6 is 11.6 Å². The number of carbonyl (C=O) groups excluding carboxylic acids is 1. The Hall–Kier alpha value is -3.17. The highest BCUT2D eigenvalue weighted by Crippen LogP contribution is 2.29. The van der Waals surface area contributed by atoms with Crippen molar-refractivity contribution >= 4 is 34.2 Å². The van der Waals surface area contributed by atoms with Crippen molar-refractivity contribution in [2.45, 2.75) is 10.9 Å². The van der Waals surface area contributed by atoms with Crippen molar-refractivity contribution in [2.24, 2.45) is 0 Å². The molecule has 10 heteroatoms. The zero-order chi connectivity index (χ0) is 21.1. The largest absolute Gasteiger partial charge is 0.495 e. The Morgan fingerprint density at radius 3 is 2.93 bits per heavy atom. The van der Waals surface area contributed by atoms with Crippen LogP contribution in [0.5, 0.6) is 11.6 Å². The number of ether oxygens (including phenoxy) is 2. The molecule has 0 fully saturated rings. The van der Waals surface area contributed by atoms with Gasteiger partial charge in [-0.25, -0.2) is 9.19 Å². The maximum Gasteiger partial charge on any atom is 0.257 e. The molecule has 0 spiro atoms. The molecule has 2 atom stereocenters. The molecule has 1 aliphatic rings. The lowest BCUT2D eigenvalue weighted by Gasteiger charge is -2.14. The maximum atomic E-state index is 12.8. The summed E-state index contributed by atoms with van der Waals surface area (Å²) in [7, 11) is -0.209. The Morgan fingerprint density at radius 2 is 2.17 bits per heavy atom. The van der Waals surface area contributed by atoms with E-state index in [2.05, 4.69) is 20.0 Å². The van der Waals surface area contributed by atoms with E-state index in [1.807, 2.05) is 6.07 Å². The molecule has 3 aromatic rings. The van der Waals surface area contributed by atoms with Crippen molar-refractivity contribution in [3.05, 3.63) is 71.1 Å². The fourth-order valence-electron chi connectivity index (χ4n) is 2.94. The van der Waals surface area contributed by atoms with Crippen LogP contribution in [-0.2, 0) is 11.0 Å². The van der Waals surface area contributed by atoms with E-state index in [0.29, 0.717) is 21.4 Å². The number of anilines is 1. The van der Waals surface area contributed by atoms with E-state index in [-0.39, 0.29) is 30.0 Å². The molecule has 2 aromatic heterocycles. The van der Waals surface area contributed by atoms with E-state index >= 15 is 0 Å². The van der Waals surface area contributed by atoms with Crippen molar-refractivity contribution < 1.29 is 18.5 Å². The quantitative estimate of drug-likeness (QED) is 0.626. The van der Waals surface area contributed by atoms with Crippen LogP contribution in [0.25, 0.3) is 0 Å².